The van der Waals surface area contributed by atoms with Gasteiger partial charge in [-0.3, -0.25) is 9.59 Å². The van der Waals surface area contributed by atoms with Crippen LogP contribution >= 0.6 is 0 Å². The second-order valence-corrected chi connectivity index (χ2v) is 8.48. The van der Waals surface area contributed by atoms with Gasteiger partial charge < -0.3 is 20.5 Å². The number of fused-ring (bicyclic) bond motifs is 3. The lowest BCUT2D eigenvalue weighted by Crippen LogP contribution is -2.50. The molecule has 2 amide bonds. The molecule has 4 rings (SSSR count). The van der Waals surface area contributed by atoms with Crippen molar-refractivity contribution >= 4 is 18.0 Å². The molecule has 172 valence electrons. The zero-order valence-corrected chi connectivity index (χ0v) is 18.5. The quantitative estimate of drug-likeness (QED) is 0.558. The molecule has 7 heteroatoms. The van der Waals surface area contributed by atoms with Crippen LogP contribution in [0.15, 0.2) is 60.7 Å². The summed E-state index contributed by atoms with van der Waals surface area (Å²) in [6.45, 7) is 1.97. The monoisotopic (exact) mass is 448 g/mol. The summed E-state index contributed by atoms with van der Waals surface area (Å²) in [4.78, 5) is 36.4. The maximum atomic E-state index is 12.7. The van der Waals surface area contributed by atoms with Gasteiger partial charge in [0, 0.05) is 12.0 Å². The molecular formula is C26H28N2O5. The molecule has 3 atom stereocenters. The van der Waals surface area contributed by atoms with Crippen LogP contribution in [-0.4, -0.2) is 41.8 Å². The Labute approximate surface area is 192 Å². The maximum Gasteiger partial charge on any atom is 0.407 e. The molecular weight excluding hydrogens is 420 g/mol. The number of carboxylic acids is 1. The zero-order chi connectivity index (χ0) is 23.4. The molecule has 0 spiro atoms. The molecule has 7 nitrogen and oxygen atoms in total. The van der Waals surface area contributed by atoms with Crippen molar-refractivity contribution in [1.29, 1.82) is 0 Å². The third-order valence-corrected chi connectivity index (χ3v) is 6.36. The highest BCUT2D eigenvalue weighted by Gasteiger charge is 2.30. The molecule has 3 N–H and O–H groups in total. The first-order chi connectivity index (χ1) is 16.0. The Kier molecular flexibility index (Phi) is 6.77. The predicted octanol–water partition coefficient (Wildman–Crippen LogP) is 3.84. The average molecular weight is 449 g/mol. The highest BCUT2D eigenvalue weighted by Crippen LogP contribution is 2.44. The van der Waals surface area contributed by atoms with Gasteiger partial charge in [-0.05, 0) is 41.5 Å². The second kappa shape index (κ2) is 9.90. The fourth-order valence-electron chi connectivity index (χ4n) is 4.62. The molecule has 2 aromatic carbocycles. The number of carbonyl (C=O) groups is 3. The second-order valence-electron chi connectivity index (χ2n) is 8.48. The minimum absolute atomic E-state index is 0.0580. The lowest BCUT2D eigenvalue weighted by atomic mass is 9.91. The van der Waals surface area contributed by atoms with Crippen LogP contribution in [0.4, 0.5) is 4.79 Å². The van der Waals surface area contributed by atoms with Crippen molar-refractivity contribution in [3.8, 4) is 11.1 Å². The number of alkyl carbamates (subject to hydrolysis) is 1. The number of amides is 2. The van der Waals surface area contributed by atoms with E-state index < -0.39 is 24.0 Å². The van der Waals surface area contributed by atoms with Gasteiger partial charge in [0.05, 0.1) is 5.92 Å². The van der Waals surface area contributed by atoms with E-state index in [0.717, 1.165) is 22.3 Å². The zero-order valence-electron chi connectivity index (χ0n) is 18.5. The predicted molar refractivity (Wildman–Crippen MR) is 124 cm³/mol. The Balaban J connectivity index is 1.34. The summed E-state index contributed by atoms with van der Waals surface area (Å²) in [5.74, 6) is -1.80. The fourth-order valence-corrected chi connectivity index (χ4v) is 4.62. The van der Waals surface area contributed by atoms with Crippen LogP contribution in [0.25, 0.3) is 11.1 Å². The van der Waals surface area contributed by atoms with Gasteiger partial charge in [-0.15, -0.1) is 0 Å². The van der Waals surface area contributed by atoms with Gasteiger partial charge in [-0.25, -0.2) is 4.79 Å². The van der Waals surface area contributed by atoms with E-state index in [1.54, 1.807) is 19.1 Å². The Morgan fingerprint density at radius 2 is 1.70 bits per heavy atom. The number of nitrogens with one attached hydrogen (secondary N) is 2. The summed E-state index contributed by atoms with van der Waals surface area (Å²) in [5, 5.41) is 14.7. The summed E-state index contributed by atoms with van der Waals surface area (Å²) in [6, 6.07) is 15.0. The van der Waals surface area contributed by atoms with E-state index in [-0.39, 0.29) is 24.5 Å². The van der Waals surface area contributed by atoms with Gasteiger partial charge >= 0.3 is 12.1 Å². The van der Waals surface area contributed by atoms with E-state index in [1.807, 2.05) is 36.4 Å². The highest BCUT2D eigenvalue weighted by molar-refractivity contribution is 5.86. The molecule has 0 aliphatic heterocycles. The molecule has 2 aromatic rings. The van der Waals surface area contributed by atoms with E-state index in [1.165, 1.54) is 0 Å². The topological polar surface area (TPSA) is 105 Å². The summed E-state index contributed by atoms with van der Waals surface area (Å²) in [5.41, 5.74) is 4.53. The molecule has 2 aliphatic rings. The minimum atomic E-state index is -0.873. The molecule has 0 radical (unpaired) electrons. The van der Waals surface area contributed by atoms with Gasteiger partial charge in [-0.1, -0.05) is 67.6 Å². The Hall–Kier alpha value is -3.61. The molecule has 3 unspecified atom stereocenters. The first kappa shape index (κ1) is 22.6. The third kappa shape index (κ3) is 4.92. The first-order valence-electron chi connectivity index (χ1n) is 11.3. The van der Waals surface area contributed by atoms with Crippen LogP contribution in [0.5, 0.6) is 0 Å². The molecule has 0 aromatic heterocycles. The standard InChI is InChI=1S/C26H28N2O5/c1-2-23(24(29)27-17-9-7-8-16(14-17)25(30)31)28-26(32)33-15-22-20-12-5-3-10-18(20)19-11-4-6-13-21(19)22/h3-7,9-13,16-17,22-23H,2,8,14-15H2,1H3,(H,27,29)(H,28,32)(H,30,31). The van der Waals surface area contributed by atoms with E-state index >= 15 is 0 Å². The summed E-state index contributed by atoms with van der Waals surface area (Å²) in [7, 11) is 0. The number of allylic oxidation sites excluding steroid dienone is 1. The van der Waals surface area contributed by atoms with Crippen molar-refractivity contribution in [1.82, 2.24) is 10.6 Å². The lowest BCUT2D eigenvalue weighted by Gasteiger charge is -2.25. The van der Waals surface area contributed by atoms with Crippen molar-refractivity contribution in [2.45, 2.75) is 44.2 Å². The molecule has 2 aliphatic carbocycles. The SMILES string of the molecule is CCC(NC(=O)OCC1c2ccccc2-c2ccccc21)C(=O)NC1C=CCC(C(=O)O)C1. The average Bonchev–Trinajstić information content (AvgIpc) is 3.15. The summed E-state index contributed by atoms with van der Waals surface area (Å²) >= 11 is 0. The van der Waals surface area contributed by atoms with Gasteiger partial charge in [0.1, 0.15) is 12.6 Å². The molecule has 0 fully saturated rings. The fraction of sp³-hybridized carbons (Fsp3) is 0.346. The van der Waals surface area contributed by atoms with Crippen LogP contribution in [0.3, 0.4) is 0 Å². The van der Waals surface area contributed by atoms with E-state index in [4.69, 9.17) is 4.74 Å². The third-order valence-electron chi connectivity index (χ3n) is 6.36. The van der Waals surface area contributed by atoms with Crippen molar-refractivity contribution in [2.24, 2.45) is 5.92 Å². The molecule has 33 heavy (non-hydrogen) atoms. The minimum Gasteiger partial charge on any atom is -0.481 e. The van der Waals surface area contributed by atoms with Crippen molar-refractivity contribution in [2.75, 3.05) is 6.61 Å². The van der Waals surface area contributed by atoms with Crippen LogP contribution in [-0.2, 0) is 14.3 Å². The number of ether oxygens (including phenoxy) is 1. The smallest absolute Gasteiger partial charge is 0.407 e. The summed E-state index contributed by atoms with van der Waals surface area (Å²) < 4.78 is 5.54. The van der Waals surface area contributed by atoms with E-state index in [0.29, 0.717) is 19.3 Å². The van der Waals surface area contributed by atoms with Crippen molar-refractivity contribution < 1.29 is 24.2 Å². The maximum absolute atomic E-state index is 12.7. The number of carboxylic acid groups (broad SMARTS) is 1. The number of benzene rings is 2. The molecule has 0 heterocycles. The van der Waals surface area contributed by atoms with Gasteiger partial charge in [0.15, 0.2) is 0 Å². The van der Waals surface area contributed by atoms with E-state index in [2.05, 4.69) is 22.8 Å². The van der Waals surface area contributed by atoms with Gasteiger partial charge in [0.25, 0.3) is 0 Å². The van der Waals surface area contributed by atoms with Gasteiger partial charge in [-0.2, -0.15) is 0 Å². The largest absolute Gasteiger partial charge is 0.481 e. The Bertz CT molecular complexity index is 1030. The number of carbonyl (C=O) groups excluding carboxylic acids is 2. The number of hydrogen-bond donors (Lipinski definition) is 3. The van der Waals surface area contributed by atoms with Crippen LogP contribution in [0.1, 0.15) is 43.2 Å². The molecule has 0 saturated heterocycles. The molecule has 0 bridgehead atoms. The van der Waals surface area contributed by atoms with Crippen LogP contribution < -0.4 is 10.6 Å². The van der Waals surface area contributed by atoms with Crippen LogP contribution in [0, 0.1) is 5.92 Å². The van der Waals surface area contributed by atoms with E-state index in [9.17, 15) is 19.5 Å². The summed E-state index contributed by atoms with van der Waals surface area (Å²) in [6.07, 6.45) is 4.09. The lowest BCUT2D eigenvalue weighted by molar-refractivity contribution is -0.142. The van der Waals surface area contributed by atoms with Gasteiger partial charge in [0.2, 0.25) is 5.91 Å². The normalized spacial score (nSPS) is 19.8. The van der Waals surface area contributed by atoms with Crippen molar-refractivity contribution in [3.63, 3.8) is 0 Å². The Morgan fingerprint density at radius 3 is 2.30 bits per heavy atom. The van der Waals surface area contributed by atoms with Crippen LogP contribution in [0.2, 0.25) is 0 Å². The number of hydrogen-bond acceptors (Lipinski definition) is 4. The van der Waals surface area contributed by atoms with Crippen molar-refractivity contribution in [3.05, 3.63) is 71.8 Å². The first-order valence-corrected chi connectivity index (χ1v) is 11.3. The molecule has 0 saturated carbocycles. The highest BCUT2D eigenvalue weighted by atomic mass is 16.5. The number of aliphatic carboxylic acids is 1. The number of rotatable bonds is 7. The Morgan fingerprint density at radius 1 is 1.06 bits per heavy atom.